The molecule has 0 bridgehead atoms. The SMILES string of the molecule is CC(C)[C@]1(C(=O)NCc2cc(C(F)(F)F)cc(C(F)(F)F)c2)CC[C@@H](N2CCC(c3ccncn3)CC2)C1. The van der Waals surface area contributed by atoms with Gasteiger partial charge >= 0.3 is 12.4 Å². The lowest BCUT2D eigenvalue weighted by atomic mass is 9.74. The number of nitrogens with one attached hydrogen (secondary N) is 1. The molecule has 1 saturated carbocycles. The van der Waals surface area contributed by atoms with Crippen LogP contribution in [0, 0.1) is 11.3 Å². The number of alkyl halides is 6. The van der Waals surface area contributed by atoms with Crippen LogP contribution in [0.4, 0.5) is 26.3 Å². The number of rotatable bonds is 6. The number of piperidine rings is 1. The molecule has 1 aromatic heterocycles. The second kappa shape index (κ2) is 10.8. The van der Waals surface area contributed by atoms with E-state index >= 15 is 0 Å². The average Bonchev–Trinajstić information content (AvgIpc) is 3.34. The molecule has 11 heteroatoms. The summed E-state index contributed by atoms with van der Waals surface area (Å²) in [6, 6.07) is 3.55. The van der Waals surface area contributed by atoms with Crippen molar-refractivity contribution in [2.45, 2.75) is 76.8 Å². The number of amides is 1. The maximum atomic E-state index is 13.4. The number of likely N-dealkylation sites (tertiary alicyclic amines) is 1. The second-order valence-electron chi connectivity index (χ2n) is 10.7. The van der Waals surface area contributed by atoms with Crippen molar-refractivity contribution in [3.05, 3.63) is 59.2 Å². The first kappa shape index (κ1) is 28.3. The summed E-state index contributed by atoms with van der Waals surface area (Å²) >= 11 is 0. The summed E-state index contributed by atoms with van der Waals surface area (Å²) in [5.41, 5.74) is -2.71. The highest BCUT2D eigenvalue weighted by molar-refractivity contribution is 5.83. The fraction of sp³-hybridized carbons (Fsp3) is 0.593. The molecule has 4 rings (SSSR count). The lowest BCUT2D eigenvalue weighted by molar-refractivity contribution is -0.143. The zero-order valence-electron chi connectivity index (χ0n) is 21.4. The Morgan fingerprint density at radius 3 is 2.21 bits per heavy atom. The third kappa shape index (κ3) is 6.13. The molecule has 5 nitrogen and oxygen atoms in total. The third-order valence-electron chi connectivity index (χ3n) is 8.25. The van der Waals surface area contributed by atoms with Gasteiger partial charge in [0.2, 0.25) is 5.91 Å². The predicted molar refractivity (Wildman–Crippen MR) is 129 cm³/mol. The Kier molecular flexibility index (Phi) is 8.07. The van der Waals surface area contributed by atoms with Gasteiger partial charge in [0.1, 0.15) is 6.33 Å². The number of carbonyl (C=O) groups is 1. The van der Waals surface area contributed by atoms with E-state index in [9.17, 15) is 31.1 Å². The lowest BCUT2D eigenvalue weighted by Gasteiger charge is -2.38. The standard InChI is InChI=1S/C27H32F6N4O/c1-17(2)25(7-3-22(14-25)37-9-5-19(6-10-37)23-4-8-34-16-36-23)24(38)35-15-18-11-20(26(28,29)30)13-21(12-18)27(31,32)33/h4,8,11-13,16-17,19,22H,3,5-7,9-10,14-15H2,1-2H3,(H,35,38)/t22-,25+/m1/s1. The molecular weight excluding hydrogens is 510 g/mol. The number of hydrogen-bond acceptors (Lipinski definition) is 4. The first-order valence-electron chi connectivity index (χ1n) is 12.9. The van der Waals surface area contributed by atoms with Crippen molar-refractivity contribution in [3.8, 4) is 0 Å². The van der Waals surface area contributed by atoms with E-state index in [2.05, 4.69) is 20.2 Å². The molecule has 1 aliphatic heterocycles. The molecule has 1 saturated heterocycles. The Balaban J connectivity index is 1.42. The molecule has 38 heavy (non-hydrogen) atoms. The molecule has 1 aromatic carbocycles. The fourth-order valence-corrected chi connectivity index (χ4v) is 5.94. The summed E-state index contributed by atoms with van der Waals surface area (Å²) in [4.78, 5) is 24.2. The highest BCUT2D eigenvalue weighted by Gasteiger charge is 2.49. The van der Waals surface area contributed by atoms with Crippen molar-refractivity contribution in [2.75, 3.05) is 13.1 Å². The first-order chi connectivity index (χ1) is 17.8. The van der Waals surface area contributed by atoms with Gasteiger partial charge in [-0.3, -0.25) is 4.79 Å². The Hall–Kier alpha value is -2.69. The van der Waals surface area contributed by atoms with Gasteiger partial charge in [-0.2, -0.15) is 26.3 Å². The van der Waals surface area contributed by atoms with E-state index in [1.165, 1.54) is 0 Å². The molecule has 2 fully saturated rings. The zero-order valence-corrected chi connectivity index (χ0v) is 21.4. The van der Waals surface area contributed by atoms with Crippen LogP contribution in [0.15, 0.2) is 36.8 Å². The van der Waals surface area contributed by atoms with Gasteiger partial charge in [0.15, 0.2) is 0 Å². The number of nitrogens with zero attached hydrogens (tertiary/aromatic N) is 3. The average molecular weight is 543 g/mol. The lowest BCUT2D eigenvalue weighted by Crippen LogP contribution is -2.45. The Morgan fingerprint density at radius 2 is 1.68 bits per heavy atom. The third-order valence-corrected chi connectivity index (χ3v) is 8.25. The van der Waals surface area contributed by atoms with Crippen LogP contribution in [0.3, 0.4) is 0 Å². The molecule has 0 unspecified atom stereocenters. The second-order valence-corrected chi connectivity index (χ2v) is 10.7. The number of halogens is 6. The summed E-state index contributed by atoms with van der Waals surface area (Å²) < 4.78 is 79.3. The first-order valence-corrected chi connectivity index (χ1v) is 12.9. The summed E-state index contributed by atoms with van der Waals surface area (Å²) in [6.07, 6.45) is -2.64. The van der Waals surface area contributed by atoms with Crippen molar-refractivity contribution >= 4 is 5.91 Å². The Bertz CT molecular complexity index is 1080. The van der Waals surface area contributed by atoms with Gasteiger partial charge in [-0.15, -0.1) is 0 Å². The molecular formula is C27H32F6N4O. The molecule has 2 atom stereocenters. The van der Waals surface area contributed by atoms with Crippen LogP contribution in [-0.2, 0) is 23.7 Å². The van der Waals surface area contributed by atoms with Gasteiger partial charge in [-0.25, -0.2) is 9.97 Å². The van der Waals surface area contributed by atoms with E-state index in [0.717, 1.165) is 38.0 Å². The molecule has 2 aliphatic rings. The zero-order chi connectivity index (χ0) is 27.7. The quantitative estimate of drug-likeness (QED) is 0.442. The maximum Gasteiger partial charge on any atom is 0.416 e. The smallest absolute Gasteiger partial charge is 0.352 e. The van der Waals surface area contributed by atoms with Crippen LogP contribution in [0.2, 0.25) is 0 Å². The van der Waals surface area contributed by atoms with Gasteiger partial charge in [-0.05, 0) is 80.9 Å². The minimum atomic E-state index is -4.93. The van der Waals surface area contributed by atoms with E-state index < -0.39 is 35.4 Å². The minimum Gasteiger partial charge on any atom is -0.352 e. The van der Waals surface area contributed by atoms with E-state index in [0.29, 0.717) is 30.9 Å². The summed E-state index contributed by atoms with van der Waals surface area (Å²) in [5, 5.41) is 2.67. The fourth-order valence-electron chi connectivity index (χ4n) is 5.94. The number of aromatic nitrogens is 2. The van der Waals surface area contributed by atoms with Crippen LogP contribution >= 0.6 is 0 Å². The van der Waals surface area contributed by atoms with E-state index in [-0.39, 0.29) is 29.5 Å². The molecule has 208 valence electrons. The van der Waals surface area contributed by atoms with E-state index in [1.54, 1.807) is 12.5 Å². The molecule has 0 radical (unpaired) electrons. The number of benzene rings is 1. The summed E-state index contributed by atoms with van der Waals surface area (Å²) in [7, 11) is 0. The molecule has 2 aromatic rings. The van der Waals surface area contributed by atoms with E-state index in [4.69, 9.17) is 0 Å². The summed E-state index contributed by atoms with van der Waals surface area (Å²) in [6.45, 7) is 5.22. The van der Waals surface area contributed by atoms with E-state index in [1.807, 2.05) is 19.9 Å². The molecule has 1 N–H and O–H groups in total. The minimum absolute atomic E-state index is 0.0432. The maximum absolute atomic E-state index is 13.4. The largest absolute Gasteiger partial charge is 0.416 e. The topological polar surface area (TPSA) is 58.1 Å². The van der Waals surface area contributed by atoms with Gasteiger partial charge in [0.25, 0.3) is 0 Å². The Morgan fingerprint density at radius 1 is 1.05 bits per heavy atom. The number of hydrogen-bond donors (Lipinski definition) is 1. The van der Waals surface area contributed by atoms with Crippen LogP contribution in [-0.4, -0.2) is 39.9 Å². The van der Waals surface area contributed by atoms with Gasteiger partial charge in [0.05, 0.1) is 16.5 Å². The van der Waals surface area contributed by atoms with Gasteiger partial charge in [-0.1, -0.05) is 13.8 Å². The van der Waals surface area contributed by atoms with Crippen molar-refractivity contribution < 1.29 is 31.1 Å². The van der Waals surface area contributed by atoms with Gasteiger partial charge in [0, 0.05) is 30.4 Å². The van der Waals surface area contributed by atoms with Crippen molar-refractivity contribution in [2.24, 2.45) is 11.3 Å². The molecule has 1 amide bonds. The van der Waals surface area contributed by atoms with Crippen LogP contribution in [0.5, 0.6) is 0 Å². The predicted octanol–water partition coefficient (Wildman–Crippen LogP) is 6.20. The number of carbonyl (C=O) groups excluding carboxylic acids is 1. The van der Waals surface area contributed by atoms with Crippen LogP contribution in [0.25, 0.3) is 0 Å². The Labute approximate surface area is 218 Å². The molecule has 1 aliphatic carbocycles. The molecule has 2 heterocycles. The monoisotopic (exact) mass is 542 g/mol. The van der Waals surface area contributed by atoms with Crippen molar-refractivity contribution in [1.82, 2.24) is 20.2 Å². The van der Waals surface area contributed by atoms with Crippen LogP contribution < -0.4 is 5.32 Å². The highest BCUT2D eigenvalue weighted by Crippen LogP contribution is 2.47. The molecule has 0 spiro atoms. The van der Waals surface area contributed by atoms with Crippen LogP contribution in [0.1, 0.15) is 74.3 Å². The normalized spacial score (nSPS) is 23.7. The van der Waals surface area contributed by atoms with Crippen molar-refractivity contribution in [3.63, 3.8) is 0 Å². The summed E-state index contributed by atoms with van der Waals surface area (Å²) in [5.74, 6) is -0.00185. The van der Waals surface area contributed by atoms with Crippen molar-refractivity contribution in [1.29, 1.82) is 0 Å². The highest BCUT2D eigenvalue weighted by atomic mass is 19.4. The van der Waals surface area contributed by atoms with Gasteiger partial charge < -0.3 is 10.2 Å².